The highest BCUT2D eigenvalue weighted by atomic mass is 79.9. The fraction of sp³-hybridized carbons (Fsp3) is 0.500. The molecule has 0 bridgehead atoms. The van der Waals surface area contributed by atoms with Crippen LogP contribution < -0.4 is 4.90 Å². The predicted octanol–water partition coefficient (Wildman–Crippen LogP) is 2.40. The van der Waals surface area contributed by atoms with E-state index >= 15 is 0 Å². The van der Waals surface area contributed by atoms with Gasteiger partial charge < -0.3 is 4.90 Å². The quantitative estimate of drug-likeness (QED) is 0.758. The molecule has 0 spiro atoms. The van der Waals surface area contributed by atoms with E-state index in [0.29, 0.717) is 4.83 Å². The Hall–Kier alpha value is -1.10. The lowest BCUT2D eigenvalue weighted by atomic mass is 10.1. The van der Waals surface area contributed by atoms with Gasteiger partial charge in [-0.1, -0.05) is 15.9 Å². The maximum Gasteiger partial charge on any atom is 0.157 e. The van der Waals surface area contributed by atoms with Crippen molar-refractivity contribution in [1.82, 2.24) is 14.6 Å². The number of anilines is 1. The Labute approximate surface area is 109 Å². The van der Waals surface area contributed by atoms with Crippen molar-refractivity contribution < 1.29 is 0 Å². The molecule has 2 aromatic rings. The Morgan fingerprint density at radius 1 is 1.29 bits per heavy atom. The van der Waals surface area contributed by atoms with Crippen molar-refractivity contribution in [1.29, 1.82) is 0 Å². The summed E-state index contributed by atoms with van der Waals surface area (Å²) < 4.78 is 1.93. The highest BCUT2D eigenvalue weighted by Gasteiger charge is 2.19. The molecular weight excluding hydrogens is 280 g/mol. The van der Waals surface area contributed by atoms with Crippen molar-refractivity contribution in [3.63, 3.8) is 0 Å². The van der Waals surface area contributed by atoms with Gasteiger partial charge in [-0.15, -0.1) is 0 Å². The normalized spacial score (nSPS) is 17.9. The van der Waals surface area contributed by atoms with Crippen molar-refractivity contribution in [2.24, 2.45) is 0 Å². The maximum atomic E-state index is 4.31. The van der Waals surface area contributed by atoms with Crippen LogP contribution in [-0.2, 0) is 0 Å². The number of aryl methyl sites for hydroxylation is 1. The molecule has 0 aromatic carbocycles. The smallest absolute Gasteiger partial charge is 0.157 e. The molecule has 3 rings (SSSR count). The van der Waals surface area contributed by atoms with Gasteiger partial charge in [-0.2, -0.15) is 9.61 Å². The highest BCUT2D eigenvalue weighted by Crippen LogP contribution is 2.24. The first-order valence-corrected chi connectivity index (χ1v) is 6.85. The first-order valence-electron chi connectivity index (χ1n) is 5.93. The molecule has 0 aliphatic carbocycles. The van der Waals surface area contributed by atoms with Crippen molar-refractivity contribution in [3.05, 3.63) is 24.0 Å². The van der Waals surface area contributed by atoms with Gasteiger partial charge in [-0.3, -0.25) is 0 Å². The number of hydrogen-bond acceptors (Lipinski definition) is 3. The zero-order valence-corrected chi connectivity index (χ0v) is 11.4. The van der Waals surface area contributed by atoms with Crippen LogP contribution in [0.3, 0.4) is 0 Å². The molecular formula is C12H15BrN4. The van der Waals surface area contributed by atoms with Crippen LogP contribution in [-0.4, -0.2) is 32.5 Å². The lowest BCUT2D eigenvalue weighted by molar-refractivity contribution is 0.587. The van der Waals surface area contributed by atoms with Gasteiger partial charge in [0.25, 0.3) is 0 Å². The van der Waals surface area contributed by atoms with Crippen LogP contribution in [0.4, 0.5) is 5.82 Å². The first-order chi connectivity index (χ1) is 8.24. The molecule has 1 saturated heterocycles. The average molecular weight is 295 g/mol. The summed E-state index contributed by atoms with van der Waals surface area (Å²) in [6.45, 7) is 4.26. The van der Waals surface area contributed by atoms with E-state index in [1.165, 1.54) is 18.4 Å². The van der Waals surface area contributed by atoms with Gasteiger partial charge in [-0.05, 0) is 37.5 Å². The molecule has 17 heavy (non-hydrogen) atoms. The third-order valence-corrected chi connectivity index (χ3v) is 4.17. The Kier molecular flexibility index (Phi) is 2.78. The molecule has 0 N–H and O–H groups in total. The number of halogens is 1. The van der Waals surface area contributed by atoms with E-state index in [2.05, 4.69) is 50.0 Å². The van der Waals surface area contributed by atoms with Crippen LogP contribution in [0.2, 0.25) is 0 Å². The van der Waals surface area contributed by atoms with Crippen LogP contribution in [0.5, 0.6) is 0 Å². The summed E-state index contributed by atoms with van der Waals surface area (Å²) in [6, 6.07) is 4.25. The van der Waals surface area contributed by atoms with Gasteiger partial charge >= 0.3 is 0 Å². The number of pyridine rings is 1. The summed E-state index contributed by atoms with van der Waals surface area (Å²) >= 11 is 3.68. The highest BCUT2D eigenvalue weighted by molar-refractivity contribution is 9.09. The van der Waals surface area contributed by atoms with Crippen LogP contribution >= 0.6 is 15.9 Å². The van der Waals surface area contributed by atoms with E-state index in [9.17, 15) is 0 Å². The second kappa shape index (κ2) is 4.29. The molecule has 1 fully saturated rings. The fourth-order valence-electron chi connectivity index (χ4n) is 2.34. The zero-order chi connectivity index (χ0) is 11.8. The molecule has 4 nitrogen and oxygen atoms in total. The number of fused-ring (bicyclic) bond motifs is 1. The van der Waals surface area contributed by atoms with Crippen LogP contribution in [0.1, 0.15) is 18.4 Å². The SMILES string of the molecule is Cc1cc(N2CCC(Br)CC2)n2ncnc2c1. The van der Waals surface area contributed by atoms with Gasteiger partial charge in [-0.25, -0.2) is 4.98 Å². The minimum atomic E-state index is 0.662. The summed E-state index contributed by atoms with van der Waals surface area (Å²) in [5.74, 6) is 1.16. The summed E-state index contributed by atoms with van der Waals surface area (Å²) in [4.78, 5) is 7.32. The van der Waals surface area contributed by atoms with E-state index in [-0.39, 0.29) is 0 Å². The van der Waals surface area contributed by atoms with Gasteiger partial charge in [0.2, 0.25) is 0 Å². The molecule has 0 unspecified atom stereocenters. The zero-order valence-electron chi connectivity index (χ0n) is 9.80. The second-order valence-corrected chi connectivity index (χ2v) is 5.88. The molecule has 0 amide bonds. The number of piperidine rings is 1. The molecule has 0 saturated carbocycles. The molecule has 90 valence electrons. The lowest BCUT2D eigenvalue weighted by Crippen LogP contribution is -2.35. The third kappa shape index (κ3) is 2.04. The molecule has 0 atom stereocenters. The Balaban J connectivity index is 2.01. The van der Waals surface area contributed by atoms with Crippen LogP contribution in [0.15, 0.2) is 18.5 Å². The van der Waals surface area contributed by atoms with E-state index in [1.807, 2.05) is 4.52 Å². The lowest BCUT2D eigenvalue weighted by Gasteiger charge is -2.31. The average Bonchev–Trinajstić information content (AvgIpc) is 2.77. The van der Waals surface area contributed by atoms with E-state index < -0.39 is 0 Å². The number of rotatable bonds is 1. The van der Waals surface area contributed by atoms with Crippen LogP contribution in [0.25, 0.3) is 5.65 Å². The Morgan fingerprint density at radius 3 is 2.82 bits per heavy atom. The Morgan fingerprint density at radius 2 is 2.06 bits per heavy atom. The molecule has 3 heterocycles. The Bertz CT molecular complexity index is 528. The van der Waals surface area contributed by atoms with Crippen molar-refractivity contribution in [2.75, 3.05) is 18.0 Å². The molecule has 5 heteroatoms. The van der Waals surface area contributed by atoms with Gasteiger partial charge in [0.1, 0.15) is 12.1 Å². The van der Waals surface area contributed by atoms with Crippen molar-refractivity contribution in [3.8, 4) is 0 Å². The number of nitrogens with zero attached hydrogens (tertiary/aromatic N) is 4. The summed E-state index contributed by atoms with van der Waals surface area (Å²) in [6.07, 6.45) is 3.99. The van der Waals surface area contributed by atoms with E-state index in [1.54, 1.807) is 6.33 Å². The minimum absolute atomic E-state index is 0.662. The van der Waals surface area contributed by atoms with Gasteiger partial charge in [0.15, 0.2) is 5.65 Å². The third-order valence-electron chi connectivity index (χ3n) is 3.25. The maximum absolute atomic E-state index is 4.31. The monoisotopic (exact) mass is 294 g/mol. The summed E-state index contributed by atoms with van der Waals surface area (Å²) in [5.41, 5.74) is 2.17. The summed E-state index contributed by atoms with van der Waals surface area (Å²) in [7, 11) is 0. The topological polar surface area (TPSA) is 33.4 Å². The second-order valence-electron chi connectivity index (χ2n) is 4.58. The molecule has 1 aliphatic rings. The van der Waals surface area contributed by atoms with Crippen molar-refractivity contribution in [2.45, 2.75) is 24.6 Å². The standard InChI is InChI=1S/C12H15BrN4/c1-9-6-11-14-8-15-17(11)12(7-9)16-4-2-10(13)3-5-16/h6-8,10H,2-5H2,1H3. The molecule has 2 aromatic heterocycles. The summed E-state index contributed by atoms with van der Waals surface area (Å²) in [5, 5.41) is 4.31. The van der Waals surface area contributed by atoms with E-state index in [4.69, 9.17) is 0 Å². The number of hydrogen-bond donors (Lipinski definition) is 0. The van der Waals surface area contributed by atoms with Gasteiger partial charge in [0.05, 0.1) is 0 Å². The predicted molar refractivity (Wildman–Crippen MR) is 71.9 cm³/mol. The first kappa shape index (κ1) is 11.0. The van der Waals surface area contributed by atoms with Gasteiger partial charge in [0, 0.05) is 17.9 Å². The number of aromatic nitrogens is 3. The largest absolute Gasteiger partial charge is 0.356 e. The number of alkyl halides is 1. The van der Waals surface area contributed by atoms with E-state index in [0.717, 1.165) is 24.6 Å². The van der Waals surface area contributed by atoms with Crippen molar-refractivity contribution >= 4 is 27.4 Å². The molecule has 0 radical (unpaired) electrons. The molecule has 1 aliphatic heterocycles. The van der Waals surface area contributed by atoms with Crippen LogP contribution in [0, 0.1) is 6.92 Å². The minimum Gasteiger partial charge on any atom is -0.356 e. The fourth-order valence-corrected chi connectivity index (χ4v) is 2.75.